The van der Waals surface area contributed by atoms with Gasteiger partial charge in [-0.05, 0) is 49.0 Å². The number of benzene rings is 1. The van der Waals surface area contributed by atoms with Crippen LogP contribution in [0.3, 0.4) is 0 Å². The summed E-state index contributed by atoms with van der Waals surface area (Å²) in [6, 6.07) is 12.0. The largest absolute Gasteiger partial charge is 0.447 e. The van der Waals surface area contributed by atoms with Gasteiger partial charge in [-0.15, -0.1) is 0 Å². The summed E-state index contributed by atoms with van der Waals surface area (Å²) in [5, 5.41) is 0. The maximum Gasteiger partial charge on any atom is 0.413 e. The molecule has 1 unspecified atom stereocenters. The third kappa shape index (κ3) is 5.71. The molecule has 1 fully saturated rings. The summed E-state index contributed by atoms with van der Waals surface area (Å²) in [5.74, 6) is 0. The van der Waals surface area contributed by atoms with Gasteiger partial charge in [-0.3, -0.25) is 4.90 Å². The Bertz CT molecular complexity index is 644. The summed E-state index contributed by atoms with van der Waals surface area (Å²) in [6.45, 7) is 12.2. The molecular weight excluding hydrogens is 366 g/mol. The highest BCUT2D eigenvalue weighted by Crippen LogP contribution is 2.36. The quantitative estimate of drug-likeness (QED) is 0.391. The van der Waals surface area contributed by atoms with Gasteiger partial charge in [-0.25, -0.2) is 4.79 Å². The number of unbranched alkanes of at least 4 members (excludes halogenated alkanes) is 1. The Hall–Kier alpha value is -1.59. The van der Waals surface area contributed by atoms with Gasteiger partial charge in [0.25, 0.3) is 0 Å². The van der Waals surface area contributed by atoms with Crippen LogP contribution >= 0.6 is 0 Å². The molecule has 0 saturated carbocycles. The molecule has 28 heavy (non-hydrogen) atoms. The first-order valence-corrected chi connectivity index (χ1v) is 13.4. The molecule has 1 aliphatic rings. The number of hydrogen-bond donors (Lipinski definition) is 0. The second kappa shape index (κ2) is 10.8. The van der Waals surface area contributed by atoms with Crippen LogP contribution in [0.4, 0.5) is 4.79 Å². The van der Waals surface area contributed by atoms with E-state index in [9.17, 15) is 4.79 Å². The topological polar surface area (TPSA) is 38.8 Å². The minimum Gasteiger partial charge on any atom is -0.447 e. The van der Waals surface area contributed by atoms with E-state index in [1.807, 2.05) is 6.20 Å². The van der Waals surface area contributed by atoms with Gasteiger partial charge < -0.3 is 9.16 Å². The Morgan fingerprint density at radius 1 is 1.18 bits per heavy atom. The van der Waals surface area contributed by atoms with Crippen LogP contribution in [0, 0.1) is 6.92 Å². The van der Waals surface area contributed by atoms with Crippen LogP contribution < -0.4 is 0 Å². The van der Waals surface area contributed by atoms with E-state index in [1.165, 1.54) is 16.7 Å². The van der Waals surface area contributed by atoms with Crippen molar-refractivity contribution in [2.75, 3.05) is 13.2 Å². The van der Waals surface area contributed by atoms with Gasteiger partial charge in [0, 0.05) is 6.20 Å². The number of carbonyl (C=O) groups is 1. The third-order valence-corrected chi connectivity index (χ3v) is 10.6. The summed E-state index contributed by atoms with van der Waals surface area (Å²) >= 11 is 0. The molecule has 156 valence electrons. The molecule has 5 heteroatoms. The predicted octanol–water partition coefficient (Wildman–Crippen LogP) is 6.58. The lowest BCUT2D eigenvalue weighted by Crippen LogP contribution is -2.38. The Balaban J connectivity index is 2.46. The number of aryl methyl sites for hydroxylation is 1. The maximum absolute atomic E-state index is 12.1. The van der Waals surface area contributed by atoms with Crippen molar-refractivity contribution in [3.63, 3.8) is 0 Å². The van der Waals surface area contributed by atoms with Crippen molar-refractivity contribution in [2.24, 2.45) is 0 Å². The molecular formula is C23H37NO3Si. The lowest BCUT2D eigenvalue weighted by atomic mass is 9.97. The molecule has 1 aliphatic heterocycles. The van der Waals surface area contributed by atoms with E-state index in [4.69, 9.17) is 9.16 Å². The third-order valence-electron chi connectivity index (χ3n) is 5.95. The van der Waals surface area contributed by atoms with E-state index in [1.54, 1.807) is 4.90 Å². The highest BCUT2D eigenvalue weighted by Gasteiger charge is 2.34. The van der Waals surface area contributed by atoms with Crippen molar-refractivity contribution >= 4 is 14.4 Å². The highest BCUT2D eigenvalue weighted by molar-refractivity contribution is 6.73. The Morgan fingerprint density at radius 3 is 2.32 bits per heavy atom. The summed E-state index contributed by atoms with van der Waals surface area (Å²) < 4.78 is 12.2. The van der Waals surface area contributed by atoms with Crippen LogP contribution in [0.1, 0.15) is 64.2 Å². The average Bonchev–Trinajstić information content (AvgIpc) is 3.12. The lowest BCUT2D eigenvalue weighted by Gasteiger charge is -2.35. The summed E-state index contributed by atoms with van der Waals surface area (Å²) in [4.78, 5) is 13.8. The first-order chi connectivity index (χ1) is 13.5. The van der Waals surface area contributed by atoms with Crippen LogP contribution in [-0.2, 0) is 9.16 Å². The molecule has 0 spiro atoms. The van der Waals surface area contributed by atoms with E-state index in [2.05, 4.69) is 58.9 Å². The zero-order valence-corrected chi connectivity index (χ0v) is 19.3. The molecule has 2 rings (SSSR count). The van der Waals surface area contributed by atoms with Crippen molar-refractivity contribution < 1.29 is 14.0 Å². The summed E-state index contributed by atoms with van der Waals surface area (Å²) in [7, 11) is -1.83. The minimum atomic E-state index is -1.83. The molecule has 0 aliphatic carbocycles. The molecule has 1 amide bonds. The molecule has 0 aromatic heterocycles. The fourth-order valence-corrected chi connectivity index (χ4v) is 6.50. The highest BCUT2D eigenvalue weighted by atomic mass is 28.4. The monoisotopic (exact) mass is 403 g/mol. The molecule has 1 saturated heterocycles. The maximum atomic E-state index is 12.1. The van der Waals surface area contributed by atoms with E-state index in [-0.39, 0.29) is 12.2 Å². The molecule has 1 atom stereocenters. The van der Waals surface area contributed by atoms with Gasteiger partial charge in [0.15, 0.2) is 8.32 Å². The molecule has 1 heterocycles. The van der Waals surface area contributed by atoms with Crippen molar-refractivity contribution in [3.05, 3.63) is 47.2 Å². The number of rotatable bonds is 11. The van der Waals surface area contributed by atoms with Crippen LogP contribution in [0.25, 0.3) is 0 Å². The number of ether oxygens (including phenoxy) is 1. The molecule has 1 aromatic carbocycles. The molecule has 0 N–H and O–H groups in total. The van der Waals surface area contributed by atoms with Crippen molar-refractivity contribution in [2.45, 2.75) is 78.1 Å². The number of hydrogen-bond acceptors (Lipinski definition) is 3. The van der Waals surface area contributed by atoms with Gasteiger partial charge in [-0.1, -0.05) is 63.9 Å². The molecule has 1 aromatic rings. The van der Waals surface area contributed by atoms with Crippen molar-refractivity contribution in [1.29, 1.82) is 0 Å². The minimum absolute atomic E-state index is 0.0907. The molecule has 0 bridgehead atoms. The van der Waals surface area contributed by atoms with Crippen molar-refractivity contribution in [1.82, 2.24) is 4.90 Å². The van der Waals surface area contributed by atoms with Crippen LogP contribution in [-0.4, -0.2) is 32.5 Å². The van der Waals surface area contributed by atoms with Crippen LogP contribution in [0.5, 0.6) is 0 Å². The second-order valence-corrected chi connectivity index (χ2v) is 12.5. The fourth-order valence-electron chi connectivity index (χ4n) is 3.72. The first-order valence-electron chi connectivity index (χ1n) is 10.9. The van der Waals surface area contributed by atoms with Crippen molar-refractivity contribution in [3.8, 4) is 0 Å². The normalized spacial score (nSPS) is 16.4. The lowest BCUT2D eigenvalue weighted by molar-refractivity contribution is 0.165. The average molecular weight is 404 g/mol. The number of nitrogens with zero attached hydrogens (tertiary/aromatic N) is 1. The van der Waals surface area contributed by atoms with E-state index in [0.29, 0.717) is 13.2 Å². The summed E-state index contributed by atoms with van der Waals surface area (Å²) in [6.07, 6.45) is 4.80. The van der Waals surface area contributed by atoms with Gasteiger partial charge in [0.1, 0.15) is 6.61 Å². The fraction of sp³-hybridized carbons (Fsp3) is 0.609. The van der Waals surface area contributed by atoms with E-state index in [0.717, 1.165) is 37.4 Å². The van der Waals surface area contributed by atoms with Crippen LogP contribution in [0.15, 0.2) is 36.0 Å². The number of carbonyl (C=O) groups excluding carboxylic acids is 1. The van der Waals surface area contributed by atoms with Gasteiger partial charge in [0.05, 0.1) is 12.6 Å². The molecule has 0 radical (unpaired) electrons. The van der Waals surface area contributed by atoms with E-state index < -0.39 is 8.32 Å². The number of cyclic esters (lactones) is 1. The van der Waals surface area contributed by atoms with Gasteiger partial charge in [0.2, 0.25) is 0 Å². The standard InChI is InChI=1S/C23H37NO3Si/c1-6-10-11-21(18-24-16-17-26-23(24)25)22(20-14-12-19(5)13-15-20)27-28(7-2,8-3)9-4/h12-15,18,22H,6-11,16-17H2,1-5H3/b21-18+. The number of amides is 1. The summed E-state index contributed by atoms with van der Waals surface area (Å²) in [5.41, 5.74) is 3.62. The van der Waals surface area contributed by atoms with Crippen LogP contribution in [0.2, 0.25) is 18.1 Å². The predicted molar refractivity (Wildman–Crippen MR) is 118 cm³/mol. The zero-order chi connectivity index (χ0) is 20.6. The zero-order valence-electron chi connectivity index (χ0n) is 18.3. The second-order valence-electron chi connectivity index (χ2n) is 7.77. The Kier molecular flexibility index (Phi) is 8.77. The Labute approximate surface area is 172 Å². The van der Waals surface area contributed by atoms with Gasteiger partial charge in [-0.2, -0.15) is 0 Å². The Morgan fingerprint density at radius 2 is 1.82 bits per heavy atom. The SMILES string of the molecule is CCCC/C(=C\N1CCOC1=O)C(O[Si](CC)(CC)CC)c1ccc(C)cc1. The van der Waals surface area contributed by atoms with Gasteiger partial charge >= 0.3 is 6.09 Å². The first kappa shape index (κ1) is 22.7. The smallest absolute Gasteiger partial charge is 0.413 e. The van der Waals surface area contributed by atoms with E-state index >= 15 is 0 Å². The molecule has 4 nitrogen and oxygen atoms in total.